The van der Waals surface area contributed by atoms with E-state index >= 15 is 0 Å². The van der Waals surface area contributed by atoms with Gasteiger partial charge in [0, 0.05) is 35.1 Å². The van der Waals surface area contributed by atoms with Crippen LogP contribution >= 0.6 is 0 Å². The highest BCUT2D eigenvalue weighted by Crippen LogP contribution is 2.69. The molecule has 1 saturated carbocycles. The molecule has 2 aromatic rings. The van der Waals surface area contributed by atoms with Crippen molar-refractivity contribution in [3.63, 3.8) is 0 Å². The quantitative estimate of drug-likeness (QED) is 0.784. The van der Waals surface area contributed by atoms with Crippen LogP contribution in [-0.4, -0.2) is 21.6 Å². The number of hydrogen-bond acceptors (Lipinski definition) is 2. The number of para-hydroxylation sites is 1. The van der Waals surface area contributed by atoms with Crippen LogP contribution in [0.25, 0.3) is 10.9 Å². The lowest BCUT2D eigenvalue weighted by Gasteiger charge is -2.11. The average Bonchev–Trinajstić information content (AvgIpc) is 2.80. The molecule has 3 rings (SSSR count). The summed E-state index contributed by atoms with van der Waals surface area (Å²) in [6.45, 7) is 11.3. The van der Waals surface area contributed by atoms with Crippen LogP contribution in [0.2, 0.25) is 0 Å². The molecule has 1 aromatic heterocycles. The van der Waals surface area contributed by atoms with Gasteiger partial charge in [0.25, 0.3) is 0 Å². The number of nitrogens with zero attached hydrogens (tertiary/aromatic N) is 1. The molecule has 1 fully saturated rings. The summed E-state index contributed by atoms with van der Waals surface area (Å²) < 4.78 is 2.05. The molecule has 24 heavy (non-hydrogen) atoms. The molecule has 130 valence electrons. The van der Waals surface area contributed by atoms with Crippen molar-refractivity contribution in [2.75, 3.05) is 0 Å². The summed E-state index contributed by atoms with van der Waals surface area (Å²) >= 11 is 0. The third kappa shape index (κ3) is 2.50. The van der Waals surface area contributed by atoms with Gasteiger partial charge in [-0.05, 0) is 23.3 Å². The molecule has 3 nitrogen and oxygen atoms in total. The van der Waals surface area contributed by atoms with E-state index in [0.717, 1.165) is 29.3 Å². The first kappa shape index (κ1) is 17.2. The molecular weight excluding hydrogens is 298 g/mol. The van der Waals surface area contributed by atoms with E-state index in [1.807, 2.05) is 35.0 Å². The van der Waals surface area contributed by atoms with Gasteiger partial charge in [-0.1, -0.05) is 59.2 Å². The van der Waals surface area contributed by atoms with E-state index in [9.17, 15) is 9.90 Å². The van der Waals surface area contributed by atoms with E-state index in [1.165, 1.54) is 0 Å². The zero-order valence-electron chi connectivity index (χ0n) is 15.5. The number of benzene rings is 1. The molecule has 1 aliphatic carbocycles. The summed E-state index contributed by atoms with van der Waals surface area (Å²) in [6, 6.07) is 8.03. The highest BCUT2D eigenvalue weighted by atomic mass is 16.3. The number of carbonyl (C=O) groups excluding carboxylic acids is 1. The van der Waals surface area contributed by atoms with Gasteiger partial charge in [-0.15, -0.1) is 0 Å². The first-order chi connectivity index (χ1) is 11.2. The summed E-state index contributed by atoms with van der Waals surface area (Å²) in [6.07, 6.45) is 3.31. The summed E-state index contributed by atoms with van der Waals surface area (Å²) in [5.74, 6) is 0.301. The third-order valence-corrected chi connectivity index (χ3v) is 6.37. The Morgan fingerprint density at radius 1 is 1.21 bits per heavy atom. The predicted octanol–water partition coefficient (Wildman–Crippen LogP) is 4.67. The van der Waals surface area contributed by atoms with E-state index < -0.39 is 0 Å². The molecule has 0 aliphatic heterocycles. The van der Waals surface area contributed by atoms with Crippen molar-refractivity contribution < 1.29 is 9.90 Å². The largest absolute Gasteiger partial charge is 0.391 e. The monoisotopic (exact) mass is 327 g/mol. The second-order valence-electron chi connectivity index (χ2n) is 8.40. The zero-order valence-corrected chi connectivity index (χ0v) is 15.5. The van der Waals surface area contributed by atoms with Crippen LogP contribution in [0.1, 0.15) is 57.8 Å². The van der Waals surface area contributed by atoms with Crippen LogP contribution in [0.15, 0.2) is 30.5 Å². The van der Waals surface area contributed by atoms with Crippen LogP contribution in [0, 0.1) is 16.7 Å². The molecule has 1 N–H and O–H groups in total. The van der Waals surface area contributed by atoms with Gasteiger partial charge in [0.2, 0.25) is 0 Å². The Morgan fingerprint density at radius 2 is 1.83 bits per heavy atom. The van der Waals surface area contributed by atoms with Gasteiger partial charge in [-0.2, -0.15) is 0 Å². The number of carbonyl (C=O) groups is 1. The minimum atomic E-state index is -0.373. The normalized spacial score (nSPS) is 20.2. The van der Waals surface area contributed by atoms with Gasteiger partial charge in [-0.25, -0.2) is 0 Å². The fourth-order valence-electron chi connectivity index (χ4n) is 4.25. The van der Waals surface area contributed by atoms with Gasteiger partial charge in [-0.3, -0.25) is 4.79 Å². The lowest BCUT2D eigenvalue weighted by atomic mass is 10.0. The molecular formula is C21H29NO2. The topological polar surface area (TPSA) is 42.2 Å². The number of ketones is 1. The number of fused-ring (bicyclic) bond motifs is 1. The van der Waals surface area contributed by atoms with E-state index in [4.69, 9.17) is 0 Å². The summed E-state index contributed by atoms with van der Waals surface area (Å²) in [5.41, 5.74) is 1.91. The number of aromatic nitrogens is 1. The summed E-state index contributed by atoms with van der Waals surface area (Å²) in [7, 11) is 0. The molecule has 0 amide bonds. The highest BCUT2D eigenvalue weighted by molar-refractivity contribution is 6.11. The Kier molecular flexibility index (Phi) is 4.11. The molecule has 0 saturated heterocycles. The Morgan fingerprint density at radius 3 is 2.42 bits per heavy atom. The Hall–Kier alpha value is -1.61. The van der Waals surface area contributed by atoms with Crippen molar-refractivity contribution >= 4 is 16.7 Å². The highest BCUT2D eigenvalue weighted by Gasteiger charge is 2.68. The first-order valence-corrected chi connectivity index (χ1v) is 9.02. The van der Waals surface area contributed by atoms with Crippen LogP contribution < -0.4 is 0 Å². The van der Waals surface area contributed by atoms with E-state index in [2.05, 4.69) is 34.6 Å². The number of hydrogen-bond donors (Lipinski definition) is 1. The maximum absolute atomic E-state index is 13.2. The molecule has 1 heterocycles. The van der Waals surface area contributed by atoms with Crippen molar-refractivity contribution in [2.24, 2.45) is 16.7 Å². The molecule has 1 aromatic carbocycles. The van der Waals surface area contributed by atoms with Gasteiger partial charge in [0.1, 0.15) is 0 Å². The van der Waals surface area contributed by atoms with Gasteiger partial charge < -0.3 is 9.67 Å². The van der Waals surface area contributed by atoms with E-state index in [0.29, 0.717) is 6.54 Å². The number of aliphatic hydroxyl groups excluding tert-OH is 1. The molecule has 0 radical (unpaired) electrons. The number of rotatable bonds is 6. The van der Waals surface area contributed by atoms with E-state index in [1.54, 1.807) is 0 Å². The van der Waals surface area contributed by atoms with Crippen molar-refractivity contribution in [1.29, 1.82) is 0 Å². The van der Waals surface area contributed by atoms with Crippen molar-refractivity contribution in [1.82, 2.24) is 4.57 Å². The molecule has 3 heteroatoms. The lowest BCUT2D eigenvalue weighted by molar-refractivity contribution is 0.0946. The Labute approximate surface area is 144 Å². The van der Waals surface area contributed by atoms with Crippen molar-refractivity contribution in [3.05, 3.63) is 36.0 Å². The lowest BCUT2D eigenvalue weighted by Crippen LogP contribution is -2.15. The standard InChI is InChI=1S/C21H29NO2/c1-6-9-14(23)12-22-13-16(15-10-7-8-11-17(15)22)18(24)19-20(2,3)21(19,4)5/h7-8,10-11,13-14,19,23H,6,9,12H2,1-5H3/t14-/m0/s1. The fraction of sp³-hybridized carbons (Fsp3) is 0.571. The second kappa shape index (κ2) is 5.73. The minimum absolute atomic E-state index is 0.0367. The Balaban J connectivity index is 1.99. The maximum atomic E-state index is 13.2. The van der Waals surface area contributed by atoms with Crippen LogP contribution in [0.3, 0.4) is 0 Å². The molecule has 1 aliphatic rings. The van der Waals surface area contributed by atoms with Gasteiger partial charge in [0.05, 0.1) is 6.10 Å². The second-order valence-corrected chi connectivity index (χ2v) is 8.40. The SMILES string of the molecule is CCC[C@H](O)Cn1cc(C(=O)C2C(C)(C)C2(C)C)c2ccccc21. The van der Waals surface area contributed by atoms with E-state index in [-0.39, 0.29) is 28.6 Å². The van der Waals surface area contributed by atoms with Crippen molar-refractivity contribution in [2.45, 2.75) is 60.1 Å². The Bertz CT molecular complexity index is 755. The fourth-order valence-corrected chi connectivity index (χ4v) is 4.25. The summed E-state index contributed by atoms with van der Waals surface area (Å²) in [4.78, 5) is 13.2. The molecule has 0 unspecified atom stereocenters. The van der Waals surface area contributed by atoms with Crippen molar-refractivity contribution in [3.8, 4) is 0 Å². The molecule has 0 bridgehead atoms. The first-order valence-electron chi connectivity index (χ1n) is 9.02. The number of Topliss-reactive ketones (excluding diaryl/α,β-unsaturated/α-hetero) is 1. The van der Waals surface area contributed by atoms with Crippen LogP contribution in [-0.2, 0) is 6.54 Å². The maximum Gasteiger partial charge on any atom is 0.169 e. The van der Waals surface area contributed by atoms with Gasteiger partial charge in [0.15, 0.2) is 5.78 Å². The number of aliphatic hydroxyl groups is 1. The minimum Gasteiger partial charge on any atom is -0.391 e. The van der Waals surface area contributed by atoms with Gasteiger partial charge >= 0.3 is 0 Å². The predicted molar refractivity (Wildman–Crippen MR) is 98.2 cm³/mol. The molecule has 0 spiro atoms. The van der Waals surface area contributed by atoms with Crippen LogP contribution in [0.5, 0.6) is 0 Å². The third-order valence-electron chi connectivity index (χ3n) is 6.37. The average molecular weight is 327 g/mol. The summed E-state index contributed by atoms with van der Waals surface area (Å²) in [5, 5.41) is 11.2. The zero-order chi connectivity index (χ0) is 17.7. The molecule has 1 atom stereocenters. The van der Waals surface area contributed by atoms with Crippen LogP contribution in [0.4, 0.5) is 0 Å². The smallest absolute Gasteiger partial charge is 0.169 e.